The lowest BCUT2D eigenvalue weighted by molar-refractivity contribution is -0.128. The fourth-order valence-corrected chi connectivity index (χ4v) is 4.24. The molecule has 1 saturated heterocycles. The first kappa shape index (κ1) is 16.1. The molecule has 5 rings (SSSR count). The van der Waals surface area contributed by atoms with Crippen molar-refractivity contribution in [3.8, 4) is 0 Å². The van der Waals surface area contributed by atoms with Gasteiger partial charge in [0, 0.05) is 41.4 Å². The Morgan fingerprint density at radius 1 is 1.19 bits per heavy atom. The van der Waals surface area contributed by atoms with E-state index in [-0.39, 0.29) is 11.9 Å². The van der Waals surface area contributed by atoms with Crippen molar-refractivity contribution in [2.45, 2.75) is 32.2 Å². The smallest absolute Gasteiger partial charge is 0.254 e. The number of aromatic amines is 1. The van der Waals surface area contributed by atoms with Crippen LogP contribution in [0.2, 0.25) is 0 Å². The van der Waals surface area contributed by atoms with E-state index in [0.29, 0.717) is 5.95 Å². The molecule has 2 aliphatic heterocycles. The van der Waals surface area contributed by atoms with Gasteiger partial charge >= 0.3 is 0 Å². The second kappa shape index (κ2) is 6.26. The fourth-order valence-electron chi connectivity index (χ4n) is 4.24. The number of piperidine rings is 1. The Morgan fingerprint density at radius 3 is 2.85 bits per heavy atom. The van der Waals surface area contributed by atoms with Crippen molar-refractivity contribution in [2.75, 3.05) is 18.4 Å². The van der Waals surface area contributed by atoms with E-state index in [9.17, 15) is 4.79 Å². The fraction of sp³-hybridized carbons (Fsp3) is 0.350. The van der Waals surface area contributed by atoms with Crippen molar-refractivity contribution in [1.82, 2.24) is 24.6 Å². The number of anilines is 1. The van der Waals surface area contributed by atoms with Crippen LogP contribution in [0.3, 0.4) is 0 Å². The van der Waals surface area contributed by atoms with Crippen molar-refractivity contribution >= 4 is 22.8 Å². The molecule has 1 unspecified atom stereocenters. The molecule has 27 heavy (non-hydrogen) atoms. The van der Waals surface area contributed by atoms with Crippen LogP contribution in [0, 0.1) is 0 Å². The molecule has 3 aromatic rings. The maximum Gasteiger partial charge on any atom is 0.254 e. The number of aromatic nitrogens is 4. The number of likely N-dealkylation sites (tertiary alicyclic amines) is 1. The molecule has 0 aliphatic carbocycles. The Kier molecular flexibility index (Phi) is 3.74. The number of nitrogens with zero attached hydrogens (tertiary/aromatic N) is 4. The summed E-state index contributed by atoms with van der Waals surface area (Å²) in [7, 11) is 0. The number of fused-ring (bicyclic) bond motifs is 2. The lowest BCUT2D eigenvalue weighted by Gasteiger charge is -2.33. The summed E-state index contributed by atoms with van der Waals surface area (Å²) in [4.78, 5) is 23.1. The van der Waals surface area contributed by atoms with Crippen LogP contribution in [-0.2, 0) is 4.79 Å². The van der Waals surface area contributed by atoms with Crippen molar-refractivity contribution < 1.29 is 4.79 Å². The minimum absolute atomic E-state index is 0.0936. The average Bonchev–Trinajstić information content (AvgIpc) is 3.34. The third-order valence-electron chi connectivity index (χ3n) is 5.58. The summed E-state index contributed by atoms with van der Waals surface area (Å²) in [5.41, 5.74) is 3.69. The number of allylic oxidation sites excluding steroid dienone is 1. The molecule has 1 atom stereocenters. The Balaban J connectivity index is 1.66. The quantitative estimate of drug-likeness (QED) is 0.734. The number of carbonyl (C=O) groups is 1. The SMILES string of the molecule is CC1=C(C(=O)N2CCCCC2)C(c2c[nH]c3ccccc23)n2ncnc2N1. The number of para-hydroxylation sites is 1. The third kappa shape index (κ3) is 2.53. The summed E-state index contributed by atoms with van der Waals surface area (Å²) in [6, 6.07) is 7.86. The highest BCUT2D eigenvalue weighted by molar-refractivity contribution is 5.98. The zero-order valence-corrected chi connectivity index (χ0v) is 15.3. The number of benzene rings is 1. The molecule has 1 amide bonds. The summed E-state index contributed by atoms with van der Waals surface area (Å²) in [5.74, 6) is 0.758. The van der Waals surface area contributed by atoms with Gasteiger partial charge in [-0.25, -0.2) is 4.68 Å². The Bertz CT molecular complexity index is 1040. The number of rotatable bonds is 2. The molecule has 2 aliphatic rings. The van der Waals surface area contributed by atoms with E-state index in [4.69, 9.17) is 0 Å². The predicted molar refractivity (Wildman–Crippen MR) is 103 cm³/mol. The third-order valence-corrected chi connectivity index (χ3v) is 5.58. The highest BCUT2D eigenvalue weighted by atomic mass is 16.2. The molecule has 0 saturated carbocycles. The van der Waals surface area contributed by atoms with Gasteiger partial charge in [0.2, 0.25) is 5.95 Å². The summed E-state index contributed by atoms with van der Waals surface area (Å²) >= 11 is 0. The zero-order valence-electron chi connectivity index (χ0n) is 15.3. The molecule has 138 valence electrons. The highest BCUT2D eigenvalue weighted by Gasteiger charge is 2.36. The van der Waals surface area contributed by atoms with Gasteiger partial charge in [-0.2, -0.15) is 10.1 Å². The van der Waals surface area contributed by atoms with Gasteiger partial charge in [0.05, 0.1) is 5.57 Å². The van der Waals surface area contributed by atoms with E-state index in [1.807, 2.05) is 40.9 Å². The van der Waals surface area contributed by atoms with E-state index in [2.05, 4.69) is 26.4 Å². The molecule has 2 aromatic heterocycles. The molecule has 0 radical (unpaired) electrons. The maximum atomic E-state index is 13.5. The van der Waals surface area contributed by atoms with Crippen molar-refractivity contribution in [1.29, 1.82) is 0 Å². The topological polar surface area (TPSA) is 78.8 Å². The molecule has 7 nitrogen and oxygen atoms in total. The molecular weight excluding hydrogens is 340 g/mol. The Hall–Kier alpha value is -3.09. The van der Waals surface area contributed by atoms with E-state index in [1.54, 1.807) is 0 Å². The maximum absolute atomic E-state index is 13.5. The van der Waals surface area contributed by atoms with Crippen LogP contribution in [0.4, 0.5) is 5.95 Å². The number of hydrogen-bond donors (Lipinski definition) is 2. The van der Waals surface area contributed by atoms with Gasteiger partial charge in [-0.05, 0) is 32.3 Å². The first-order valence-corrected chi connectivity index (χ1v) is 9.46. The molecule has 1 fully saturated rings. The van der Waals surface area contributed by atoms with Crippen molar-refractivity contribution in [2.24, 2.45) is 0 Å². The second-order valence-corrected chi connectivity index (χ2v) is 7.24. The summed E-state index contributed by atoms with van der Waals surface area (Å²) in [6.07, 6.45) is 6.85. The number of amides is 1. The van der Waals surface area contributed by atoms with Gasteiger partial charge < -0.3 is 15.2 Å². The summed E-state index contributed by atoms with van der Waals surface area (Å²) in [6.45, 7) is 3.60. The highest BCUT2D eigenvalue weighted by Crippen LogP contribution is 2.38. The standard InChI is InChI=1S/C20H22N6O/c1-13-17(19(27)25-9-5-2-6-10-25)18(26-20(24-13)22-12-23-26)15-11-21-16-8-4-3-7-14(15)16/h3-4,7-8,11-12,18,21H,2,5-6,9-10H2,1H3,(H,22,23,24). The van der Waals surface area contributed by atoms with Crippen molar-refractivity contribution in [3.63, 3.8) is 0 Å². The minimum Gasteiger partial charge on any atom is -0.361 e. The zero-order chi connectivity index (χ0) is 18.4. The molecule has 2 N–H and O–H groups in total. The average molecular weight is 362 g/mol. The van der Waals surface area contributed by atoms with Crippen LogP contribution >= 0.6 is 0 Å². The minimum atomic E-state index is -0.297. The van der Waals surface area contributed by atoms with Crippen LogP contribution in [0.15, 0.2) is 48.1 Å². The number of hydrogen-bond acceptors (Lipinski definition) is 4. The van der Waals surface area contributed by atoms with Crippen LogP contribution in [0.5, 0.6) is 0 Å². The van der Waals surface area contributed by atoms with Gasteiger partial charge in [-0.1, -0.05) is 18.2 Å². The van der Waals surface area contributed by atoms with Crippen LogP contribution in [0.1, 0.15) is 37.8 Å². The van der Waals surface area contributed by atoms with Crippen LogP contribution in [-0.4, -0.2) is 43.6 Å². The van der Waals surface area contributed by atoms with Gasteiger partial charge in [0.15, 0.2) is 0 Å². The molecular formula is C20H22N6O. The molecule has 4 heterocycles. The molecule has 7 heteroatoms. The van der Waals surface area contributed by atoms with Crippen molar-refractivity contribution in [3.05, 3.63) is 53.6 Å². The summed E-state index contributed by atoms with van der Waals surface area (Å²) < 4.78 is 1.82. The van der Waals surface area contributed by atoms with E-state index < -0.39 is 0 Å². The first-order valence-electron chi connectivity index (χ1n) is 9.46. The first-order chi connectivity index (χ1) is 13.2. The number of H-pyrrole nitrogens is 1. The Morgan fingerprint density at radius 2 is 2.00 bits per heavy atom. The molecule has 0 bridgehead atoms. The number of nitrogens with one attached hydrogen (secondary N) is 2. The number of carbonyl (C=O) groups excluding carboxylic acids is 1. The lowest BCUT2D eigenvalue weighted by atomic mass is 9.93. The second-order valence-electron chi connectivity index (χ2n) is 7.24. The van der Waals surface area contributed by atoms with E-state index in [0.717, 1.165) is 53.7 Å². The van der Waals surface area contributed by atoms with Crippen LogP contribution in [0.25, 0.3) is 10.9 Å². The van der Waals surface area contributed by atoms with Gasteiger partial charge in [-0.3, -0.25) is 4.79 Å². The monoisotopic (exact) mass is 362 g/mol. The largest absolute Gasteiger partial charge is 0.361 e. The van der Waals surface area contributed by atoms with E-state index >= 15 is 0 Å². The van der Waals surface area contributed by atoms with Gasteiger partial charge in [-0.15, -0.1) is 0 Å². The van der Waals surface area contributed by atoms with Gasteiger partial charge in [0.25, 0.3) is 5.91 Å². The predicted octanol–water partition coefficient (Wildman–Crippen LogP) is 3.06. The van der Waals surface area contributed by atoms with Crippen LogP contribution < -0.4 is 5.32 Å². The molecule has 0 spiro atoms. The van der Waals surface area contributed by atoms with E-state index in [1.165, 1.54) is 12.7 Å². The van der Waals surface area contributed by atoms with Gasteiger partial charge in [0.1, 0.15) is 12.4 Å². The lowest BCUT2D eigenvalue weighted by Crippen LogP contribution is -2.40. The normalized spacial score (nSPS) is 19.9. The Labute approximate surface area is 157 Å². The molecule has 1 aromatic carbocycles. The summed E-state index contributed by atoms with van der Waals surface area (Å²) in [5, 5.41) is 8.80.